The third kappa shape index (κ3) is 9.66. The summed E-state index contributed by atoms with van der Waals surface area (Å²) in [5, 5.41) is 0. The van der Waals surface area contributed by atoms with Crippen molar-refractivity contribution in [1.29, 1.82) is 0 Å². The Balaban J connectivity index is 2.00. The summed E-state index contributed by atoms with van der Waals surface area (Å²) in [6, 6.07) is 13.8. The molecule has 5 nitrogen and oxygen atoms in total. The summed E-state index contributed by atoms with van der Waals surface area (Å²) in [4.78, 5) is 9.76. The summed E-state index contributed by atoms with van der Waals surface area (Å²) in [5.41, 5.74) is 7.59. The van der Waals surface area contributed by atoms with Crippen molar-refractivity contribution >= 4 is 23.4 Å². The number of halogens is 1. The Morgan fingerprint density at radius 1 is 1.09 bits per heavy atom. The van der Waals surface area contributed by atoms with Gasteiger partial charge in [0.1, 0.15) is 0 Å². The normalized spacial score (nSPS) is 14.0. The Labute approximate surface area is 201 Å². The van der Waals surface area contributed by atoms with E-state index in [1.807, 2.05) is 42.5 Å². The summed E-state index contributed by atoms with van der Waals surface area (Å²) in [6.45, 7) is 2.89. The van der Waals surface area contributed by atoms with Gasteiger partial charge in [-0.1, -0.05) is 69.4 Å². The number of hydrogen-bond acceptors (Lipinski definition) is 3. The van der Waals surface area contributed by atoms with E-state index in [9.17, 15) is 9.46 Å². The minimum absolute atomic E-state index is 0.0643. The van der Waals surface area contributed by atoms with Crippen molar-refractivity contribution in [2.75, 3.05) is 19.9 Å². The number of benzene rings is 2. The molecule has 0 heterocycles. The van der Waals surface area contributed by atoms with Crippen LogP contribution in [0.15, 0.2) is 46.9 Å². The maximum atomic E-state index is 11.9. The molecule has 178 valence electrons. The second-order valence-electron chi connectivity index (χ2n) is 8.31. The largest absolute Gasteiger partial charge is 0.493 e. The molecule has 0 aliphatic heterocycles. The third-order valence-electron chi connectivity index (χ3n) is 5.57. The van der Waals surface area contributed by atoms with Crippen LogP contribution < -0.4 is 15.0 Å². The molecule has 7 heteroatoms. The highest BCUT2D eigenvalue weighted by Gasteiger charge is 2.22. The molecule has 0 saturated heterocycles. The molecule has 2 aromatic carbocycles. The molecule has 2 atom stereocenters. The first-order chi connectivity index (χ1) is 15.3. The summed E-state index contributed by atoms with van der Waals surface area (Å²) >= 11 is 3.63. The van der Waals surface area contributed by atoms with Crippen LogP contribution in [0.25, 0.3) is 0 Å². The van der Waals surface area contributed by atoms with Gasteiger partial charge in [-0.05, 0) is 64.4 Å². The SMILES string of the molecule is CCCCCCCCOc1c(Br)cc(CCC(CP(N)(=O)O)c2ccccc2)cc1OC. The second-order valence-corrected chi connectivity index (χ2v) is 11.0. The van der Waals surface area contributed by atoms with Gasteiger partial charge in [-0.3, -0.25) is 10.1 Å². The topological polar surface area (TPSA) is 81.8 Å². The van der Waals surface area contributed by atoms with Crippen LogP contribution in [0.4, 0.5) is 0 Å². The van der Waals surface area contributed by atoms with Crippen molar-refractivity contribution in [2.45, 2.75) is 64.2 Å². The highest BCUT2D eigenvalue weighted by molar-refractivity contribution is 9.10. The average Bonchev–Trinajstić information content (AvgIpc) is 2.76. The number of unbranched alkanes of at least 4 members (excludes halogenated alkanes) is 5. The number of nitrogens with two attached hydrogens (primary N) is 1. The van der Waals surface area contributed by atoms with E-state index in [-0.39, 0.29) is 12.1 Å². The van der Waals surface area contributed by atoms with Crippen LogP contribution in [-0.2, 0) is 11.0 Å². The lowest BCUT2D eigenvalue weighted by Gasteiger charge is -2.20. The first-order valence-corrected chi connectivity index (χ1v) is 14.2. The molecule has 0 spiro atoms. The highest BCUT2D eigenvalue weighted by atomic mass is 79.9. The quantitative estimate of drug-likeness (QED) is 0.192. The maximum absolute atomic E-state index is 11.9. The Morgan fingerprint density at radius 3 is 2.44 bits per heavy atom. The molecule has 0 bridgehead atoms. The maximum Gasteiger partial charge on any atom is 0.265 e. The van der Waals surface area contributed by atoms with E-state index in [0.29, 0.717) is 18.8 Å². The van der Waals surface area contributed by atoms with Crippen molar-refractivity contribution < 1.29 is 18.9 Å². The van der Waals surface area contributed by atoms with Crippen molar-refractivity contribution in [1.82, 2.24) is 0 Å². The van der Waals surface area contributed by atoms with Crippen LogP contribution in [-0.4, -0.2) is 24.8 Å². The lowest BCUT2D eigenvalue weighted by molar-refractivity contribution is 0.282. The van der Waals surface area contributed by atoms with Crippen LogP contribution >= 0.6 is 23.4 Å². The Morgan fingerprint density at radius 2 is 1.78 bits per heavy atom. The van der Waals surface area contributed by atoms with E-state index in [2.05, 4.69) is 22.9 Å². The zero-order chi connectivity index (χ0) is 23.4. The van der Waals surface area contributed by atoms with Gasteiger partial charge in [-0.25, -0.2) is 0 Å². The molecule has 0 amide bonds. The molecule has 0 aliphatic rings. The molecule has 0 saturated carbocycles. The molecule has 0 radical (unpaired) electrons. The van der Waals surface area contributed by atoms with Gasteiger partial charge >= 0.3 is 0 Å². The second kappa shape index (κ2) is 14.0. The zero-order valence-electron chi connectivity index (χ0n) is 19.3. The molecule has 0 aliphatic carbocycles. The van der Waals surface area contributed by atoms with Crippen molar-refractivity contribution in [3.05, 3.63) is 58.1 Å². The number of ether oxygens (including phenoxy) is 2. The summed E-state index contributed by atoms with van der Waals surface area (Å²) in [7, 11) is -1.98. The van der Waals surface area contributed by atoms with E-state index >= 15 is 0 Å². The number of hydrogen-bond donors (Lipinski definition) is 2. The molecular weight excluding hydrogens is 489 g/mol. The number of rotatable bonds is 15. The van der Waals surface area contributed by atoms with Gasteiger partial charge in [0, 0.05) is 6.16 Å². The fourth-order valence-electron chi connectivity index (χ4n) is 3.86. The van der Waals surface area contributed by atoms with Gasteiger partial charge in [0.15, 0.2) is 11.5 Å². The number of methoxy groups -OCH3 is 1. The van der Waals surface area contributed by atoms with Gasteiger partial charge in [0.05, 0.1) is 18.2 Å². The standard InChI is InChI=1S/C25H37BrNO4P/c1-3-4-5-6-7-11-16-31-25-23(26)17-20(18-24(25)30-2)14-15-22(19-32(27,28)29)21-12-9-8-10-13-21/h8-10,12-13,17-18,22H,3-7,11,14-16,19H2,1-2H3,(H3,27,28,29). The molecular formula is C25H37BrNO4P. The van der Waals surface area contributed by atoms with Gasteiger partial charge < -0.3 is 14.4 Å². The van der Waals surface area contributed by atoms with E-state index in [4.69, 9.17) is 15.0 Å². The third-order valence-corrected chi connectivity index (χ3v) is 7.12. The molecule has 0 fully saturated rings. The lowest BCUT2D eigenvalue weighted by atomic mass is 9.94. The van der Waals surface area contributed by atoms with Gasteiger partial charge in [0.2, 0.25) is 0 Å². The molecule has 2 aromatic rings. The Kier molecular flexibility index (Phi) is 11.8. The van der Waals surface area contributed by atoms with Crippen LogP contribution in [0.5, 0.6) is 11.5 Å². The van der Waals surface area contributed by atoms with Crippen molar-refractivity contribution in [3.8, 4) is 11.5 Å². The Bertz CT molecular complexity index is 857. The first kappa shape index (κ1) is 26.9. The monoisotopic (exact) mass is 525 g/mol. The first-order valence-electron chi connectivity index (χ1n) is 11.5. The van der Waals surface area contributed by atoms with E-state index in [1.54, 1.807) is 7.11 Å². The average molecular weight is 526 g/mol. The van der Waals surface area contributed by atoms with E-state index < -0.39 is 7.52 Å². The van der Waals surface area contributed by atoms with Crippen LogP contribution in [0.1, 0.15) is 68.9 Å². The zero-order valence-corrected chi connectivity index (χ0v) is 21.7. The predicted octanol–water partition coefficient (Wildman–Crippen LogP) is 7.06. The van der Waals surface area contributed by atoms with Crippen LogP contribution in [0.3, 0.4) is 0 Å². The highest BCUT2D eigenvalue weighted by Crippen LogP contribution is 2.40. The van der Waals surface area contributed by atoms with E-state index in [0.717, 1.165) is 34.2 Å². The molecule has 2 rings (SSSR count). The van der Waals surface area contributed by atoms with Gasteiger partial charge in [0.25, 0.3) is 7.52 Å². The van der Waals surface area contributed by atoms with E-state index in [1.165, 1.54) is 32.1 Å². The fourth-order valence-corrected chi connectivity index (χ4v) is 5.49. The van der Waals surface area contributed by atoms with Crippen molar-refractivity contribution in [3.63, 3.8) is 0 Å². The molecule has 2 unspecified atom stereocenters. The summed E-state index contributed by atoms with van der Waals surface area (Å²) < 4.78 is 24.4. The van der Waals surface area contributed by atoms with Crippen LogP contribution in [0, 0.1) is 0 Å². The lowest BCUT2D eigenvalue weighted by Crippen LogP contribution is -2.11. The Hall–Kier alpha value is -1.33. The minimum Gasteiger partial charge on any atom is -0.493 e. The summed E-state index contributed by atoms with van der Waals surface area (Å²) in [6.07, 6.45) is 8.80. The van der Waals surface area contributed by atoms with Gasteiger partial charge in [-0.15, -0.1) is 0 Å². The molecule has 0 aromatic heterocycles. The van der Waals surface area contributed by atoms with Crippen molar-refractivity contribution in [2.24, 2.45) is 5.50 Å². The number of aryl methyl sites for hydroxylation is 1. The van der Waals surface area contributed by atoms with Gasteiger partial charge in [-0.2, -0.15) is 0 Å². The smallest absolute Gasteiger partial charge is 0.265 e. The molecule has 32 heavy (non-hydrogen) atoms. The predicted molar refractivity (Wildman–Crippen MR) is 136 cm³/mol. The van der Waals surface area contributed by atoms with Crippen LogP contribution in [0.2, 0.25) is 0 Å². The fraction of sp³-hybridized carbons (Fsp3) is 0.520. The molecule has 3 N–H and O–H groups in total. The minimum atomic E-state index is -3.62. The summed E-state index contributed by atoms with van der Waals surface area (Å²) in [5.74, 6) is 1.33.